The lowest BCUT2D eigenvalue weighted by molar-refractivity contribution is 0.474. The van der Waals surface area contributed by atoms with E-state index in [1.54, 1.807) is 10.6 Å². The molecule has 0 aliphatic rings. The zero-order chi connectivity index (χ0) is 15.0. The Morgan fingerprint density at radius 2 is 1.81 bits per heavy atom. The molecule has 0 amide bonds. The molecular formula is C16H14F2N2O. The lowest BCUT2D eigenvalue weighted by Crippen LogP contribution is -2.00. The molecule has 1 heterocycles. The molecule has 5 heteroatoms. The van der Waals surface area contributed by atoms with Crippen LogP contribution in [0.15, 0.2) is 36.4 Å². The monoisotopic (exact) mass is 288 g/mol. The van der Waals surface area contributed by atoms with Gasteiger partial charge in [-0.25, -0.2) is 13.8 Å². The third-order valence-corrected chi connectivity index (χ3v) is 3.36. The molecule has 0 radical (unpaired) electrons. The van der Waals surface area contributed by atoms with Crippen molar-refractivity contribution in [3.8, 4) is 17.1 Å². The summed E-state index contributed by atoms with van der Waals surface area (Å²) in [6, 6.07) is 8.03. The number of nitrogens with zero attached hydrogens (tertiary/aromatic N) is 2. The number of imidazole rings is 1. The number of aromatic hydroxyl groups is 1. The van der Waals surface area contributed by atoms with E-state index in [0.29, 0.717) is 29.0 Å². The first-order valence-electron chi connectivity index (χ1n) is 6.75. The molecule has 21 heavy (non-hydrogen) atoms. The summed E-state index contributed by atoms with van der Waals surface area (Å²) in [6.07, 6.45) is 0.811. The molecule has 3 nitrogen and oxygen atoms in total. The number of aromatic nitrogens is 2. The smallest absolute Gasteiger partial charge is 0.144 e. The predicted molar refractivity (Wildman–Crippen MR) is 77.0 cm³/mol. The van der Waals surface area contributed by atoms with E-state index in [2.05, 4.69) is 4.98 Å². The third kappa shape index (κ3) is 2.35. The number of benzene rings is 2. The van der Waals surface area contributed by atoms with Gasteiger partial charge in [0, 0.05) is 6.54 Å². The summed E-state index contributed by atoms with van der Waals surface area (Å²) in [4.78, 5) is 4.41. The van der Waals surface area contributed by atoms with Gasteiger partial charge in [0.2, 0.25) is 0 Å². The van der Waals surface area contributed by atoms with Gasteiger partial charge in [0.25, 0.3) is 0 Å². The molecule has 0 saturated heterocycles. The molecule has 0 aliphatic heterocycles. The van der Waals surface area contributed by atoms with Gasteiger partial charge in [-0.2, -0.15) is 0 Å². The maximum atomic E-state index is 13.5. The maximum absolute atomic E-state index is 13.5. The standard InChI is InChI=1S/C16H14F2N2O/c1-2-7-20-14-9-11(18)3-5-13(14)19-16(20)12-8-10(17)4-6-15(12)21/h3-6,8-9,21H,2,7H2,1H3. The van der Waals surface area contributed by atoms with Gasteiger partial charge in [-0.15, -0.1) is 0 Å². The molecule has 0 saturated carbocycles. The van der Waals surface area contributed by atoms with E-state index in [-0.39, 0.29) is 11.6 Å². The van der Waals surface area contributed by atoms with Crippen LogP contribution in [0.4, 0.5) is 8.78 Å². The van der Waals surface area contributed by atoms with Crippen molar-refractivity contribution in [2.45, 2.75) is 19.9 Å². The fraction of sp³-hybridized carbons (Fsp3) is 0.188. The van der Waals surface area contributed by atoms with E-state index >= 15 is 0 Å². The van der Waals surface area contributed by atoms with Gasteiger partial charge >= 0.3 is 0 Å². The Hall–Kier alpha value is -2.43. The molecular weight excluding hydrogens is 274 g/mol. The fourth-order valence-corrected chi connectivity index (χ4v) is 2.44. The molecule has 1 N–H and O–H groups in total. The Balaban J connectivity index is 2.30. The lowest BCUT2D eigenvalue weighted by atomic mass is 10.2. The summed E-state index contributed by atoms with van der Waals surface area (Å²) in [6.45, 7) is 2.59. The minimum absolute atomic E-state index is 0.0514. The molecule has 0 aliphatic carbocycles. The molecule has 0 bridgehead atoms. The van der Waals surface area contributed by atoms with Crippen LogP contribution < -0.4 is 0 Å². The highest BCUT2D eigenvalue weighted by Gasteiger charge is 2.16. The summed E-state index contributed by atoms with van der Waals surface area (Å²) < 4.78 is 28.7. The van der Waals surface area contributed by atoms with Gasteiger partial charge in [-0.1, -0.05) is 6.92 Å². The Morgan fingerprint density at radius 3 is 2.57 bits per heavy atom. The Morgan fingerprint density at radius 1 is 1.10 bits per heavy atom. The van der Waals surface area contributed by atoms with Crippen molar-refractivity contribution in [3.63, 3.8) is 0 Å². The zero-order valence-electron chi connectivity index (χ0n) is 11.5. The van der Waals surface area contributed by atoms with Crippen LogP contribution in [0.1, 0.15) is 13.3 Å². The van der Waals surface area contributed by atoms with Crippen LogP contribution in [-0.4, -0.2) is 14.7 Å². The van der Waals surface area contributed by atoms with E-state index < -0.39 is 5.82 Å². The predicted octanol–water partition coefficient (Wildman–Crippen LogP) is 4.10. The van der Waals surface area contributed by atoms with Crippen molar-refractivity contribution in [2.75, 3.05) is 0 Å². The van der Waals surface area contributed by atoms with Crippen LogP contribution in [0.2, 0.25) is 0 Å². The number of phenols is 1. The zero-order valence-corrected chi connectivity index (χ0v) is 11.5. The average molecular weight is 288 g/mol. The van der Waals surface area contributed by atoms with Crippen molar-refractivity contribution in [2.24, 2.45) is 0 Å². The first-order chi connectivity index (χ1) is 10.1. The Bertz CT molecular complexity index is 811. The number of phenolic OH excluding ortho intramolecular Hbond substituents is 1. The van der Waals surface area contributed by atoms with Gasteiger partial charge in [0.1, 0.15) is 23.2 Å². The van der Waals surface area contributed by atoms with Crippen molar-refractivity contribution >= 4 is 11.0 Å². The molecule has 0 unspecified atom stereocenters. The summed E-state index contributed by atoms with van der Waals surface area (Å²) in [5.74, 6) is -0.419. The second-order valence-electron chi connectivity index (χ2n) is 4.88. The molecule has 108 valence electrons. The van der Waals surface area contributed by atoms with E-state index in [9.17, 15) is 13.9 Å². The number of aryl methyl sites for hydroxylation is 1. The third-order valence-electron chi connectivity index (χ3n) is 3.36. The largest absolute Gasteiger partial charge is 0.507 e. The Labute approximate surface area is 120 Å². The average Bonchev–Trinajstić information content (AvgIpc) is 2.80. The summed E-state index contributed by atoms with van der Waals surface area (Å²) in [5, 5.41) is 9.97. The second-order valence-corrected chi connectivity index (χ2v) is 4.88. The van der Waals surface area contributed by atoms with Crippen molar-refractivity contribution in [3.05, 3.63) is 48.0 Å². The highest BCUT2D eigenvalue weighted by Crippen LogP contribution is 2.32. The second kappa shape index (κ2) is 5.16. The lowest BCUT2D eigenvalue weighted by Gasteiger charge is -2.09. The van der Waals surface area contributed by atoms with Gasteiger partial charge in [0.05, 0.1) is 16.6 Å². The molecule has 1 aromatic heterocycles. The van der Waals surface area contributed by atoms with E-state index in [1.165, 1.54) is 30.3 Å². The Kier molecular flexibility index (Phi) is 3.33. The van der Waals surface area contributed by atoms with Gasteiger partial charge in [-0.05, 0) is 42.8 Å². The summed E-state index contributed by atoms with van der Waals surface area (Å²) >= 11 is 0. The molecule has 2 aromatic carbocycles. The number of hydrogen-bond donors (Lipinski definition) is 1. The fourth-order valence-electron chi connectivity index (χ4n) is 2.44. The van der Waals surface area contributed by atoms with Crippen LogP contribution in [0.5, 0.6) is 5.75 Å². The van der Waals surface area contributed by atoms with E-state index in [0.717, 1.165) is 6.42 Å². The van der Waals surface area contributed by atoms with Crippen LogP contribution in [0.25, 0.3) is 22.4 Å². The number of halogens is 2. The van der Waals surface area contributed by atoms with Gasteiger partial charge in [0.15, 0.2) is 0 Å². The first-order valence-corrected chi connectivity index (χ1v) is 6.75. The van der Waals surface area contributed by atoms with E-state index in [1.807, 2.05) is 6.92 Å². The topological polar surface area (TPSA) is 38.0 Å². The normalized spacial score (nSPS) is 11.2. The SMILES string of the molecule is CCCn1c(-c2cc(F)ccc2O)nc2ccc(F)cc21. The van der Waals surface area contributed by atoms with Crippen LogP contribution >= 0.6 is 0 Å². The van der Waals surface area contributed by atoms with Crippen LogP contribution in [-0.2, 0) is 6.54 Å². The highest BCUT2D eigenvalue weighted by atomic mass is 19.1. The van der Waals surface area contributed by atoms with E-state index in [4.69, 9.17) is 0 Å². The van der Waals surface area contributed by atoms with Crippen molar-refractivity contribution in [1.82, 2.24) is 9.55 Å². The van der Waals surface area contributed by atoms with Gasteiger partial charge in [-0.3, -0.25) is 0 Å². The van der Waals surface area contributed by atoms with Gasteiger partial charge < -0.3 is 9.67 Å². The minimum atomic E-state index is -0.455. The first kappa shape index (κ1) is 13.5. The molecule has 0 spiro atoms. The summed E-state index contributed by atoms with van der Waals surface area (Å²) in [5.41, 5.74) is 1.55. The maximum Gasteiger partial charge on any atom is 0.144 e. The highest BCUT2D eigenvalue weighted by molar-refractivity contribution is 5.82. The number of fused-ring (bicyclic) bond motifs is 1. The minimum Gasteiger partial charge on any atom is -0.507 e. The number of rotatable bonds is 3. The van der Waals surface area contributed by atoms with Crippen molar-refractivity contribution < 1.29 is 13.9 Å². The molecule has 0 fully saturated rings. The molecule has 3 aromatic rings. The molecule has 3 rings (SSSR count). The van der Waals surface area contributed by atoms with Crippen LogP contribution in [0.3, 0.4) is 0 Å². The molecule has 0 atom stereocenters. The van der Waals surface area contributed by atoms with Crippen molar-refractivity contribution in [1.29, 1.82) is 0 Å². The number of hydrogen-bond acceptors (Lipinski definition) is 2. The summed E-state index contributed by atoms with van der Waals surface area (Å²) in [7, 11) is 0. The van der Waals surface area contributed by atoms with Crippen LogP contribution in [0, 0.1) is 11.6 Å². The quantitative estimate of drug-likeness (QED) is 0.788.